The predicted molar refractivity (Wildman–Crippen MR) is 139 cm³/mol. The summed E-state index contributed by atoms with van der Waals surface area (Å²) in [4.78, 5) is 35.3. The van der Waals surface area contributed by atoms with Crippen molar-refractivity contribution < 1.29 is 28.6 Å². The molecule has 4 N–H and O–H groups in total. The second-order valence-electron chi connectivity index (χ2n) is 7.99. The lowest BCUT2D eigenvalue weighted by Gasteiger charge is -2.33. The number of carbonyl (C=O) groups excluding carboxylic acids is 3. The Kier molecular flexibility index (Phi) is 25.6. The quantitative estimate of drug-likeness (QED) is 0.166. The van der Waals surface area contributed by atoms with E-state index in [1.54, 1.807) is 7.05 Å². The number of ether oxygens (including phenoxy) is 3. The molecule has 0 spiro atoms. The molecule has 0 rings (SSSR count). The maximum atomic E-state index is 11.8. The third-order valence-electron chi connectivity index (χ3n) is 4.80. The SMILES string of the molecule is CC.CCCNC(=O)CCOCC(COCCC(=O)NCCC)(COCCC(=O)NCCC)NC. The van der Waals surface area contributed by atoms with Gasteiger partial charge in [-0.1, -0.05) is 34.6 Å². The fourth-order valence-electron chi connectivity index (χ4n) is 2.70. The van der Waals surface area contributed by atoms with Gasteiger partial charge in [0, 0.05) is 38.9 Å². The molecule has 0 unspecified atom stereocenters. The Morgan fingerprint density at radius 2 is 0.886 bits per heavy atom. The van der Waals surface area contributed by atoms with Crippen LogP contribution in [0.15, 0.2) is 0 Å². The van der Waals surface area contributed by atoms with Gasteiger partial charge >= 0.3 is 0 Å². The van der Waals surface area contributed by atoms with Crippen LogP contribution in [-0.2, 0) is 28.6 Å². The van der Waals surface area contributed by atoms with E-state index in [4.69, 9.17) is 14.2 Å². The molecule has 208 valence electrons. The van der Waals surface area contributed by atoms with Crippen LogP contribution in [0.4, 0.5) is 0 Å². The van der Waals surface area contributed by atoms with E-state index in [0.29, 0.717) is 19.6 Å². The molecule has 0 atom stereocenters. The largest absolute Gasteiger partial charge is 0.379 e. The van der Waals surface area contributed by atoms with E-state index < -0.39 is 5.54 Å². The molecule has 0 saturated heterocycles. The van der Waals surface area contributed by atoms with Crippen LogP contribution in [0, 0.1) is 0 Å². The number of hydrogen-bond donors (Lipinski definition) is 4. The molecule has 3 amide bonds. The van der Waals surface area contributed by atoms with Gasteiger partial charge in [-0.3, -0.25) is 14.4 Å². The van der Waals surface area contributed by atoms with Crippen molar-refractivity contribution in [1.82, 2.24) is 21.3 Å². The summed E-state index contributed by atoms with van der Waals surface area (Å²) in [5.74, 6) is -0.137. The molecule has 0 heterocycles. The first-order chi connectivity index (χ1) is 16.9. The van der Waals surface area contributed by atoms with Crippen LogP contribution in [0.25, 0.3) is 0 Å². The summed E-state index contributed by atoms with van der Waals surface area (Å²) in [5, 5.41) is 11.7. The molecule has 10 nitrogen and oxygen atoms in total. The third kappa shape index (κ3) is 21.3. The zero-order valence-corrected chi connectivity index (χ0v) is 23.1. The third-order valence-corrected chi connectivity index (χ3v) is 4.80. The van der Waals surface area contributed by atoms with Gasteiger partial charge in [-0.15, -0.1) is 0 Å². The average molecular weight is 505 g/mol. The monoisotopic (exact) mass is 504 g/mol. The lowest BCUT2D eigenvalue weighted by Crippen LogP contribution is -2.55. The summed E-state index contributed by atoms with van der Waals surface area (Å²) in [6, 6.07) is 0. The number of carbonyl (C=O) groups is 3. The van der Waals surface area contributed by atoms with Gasteiger partial charge in [0.25, 0.3) is 0 Å². The minimum absolute atomic E-state index is 0.0457. The van der Waals surface area contributed by atoms with Crippen LogP contribution >= 0.6 is 0 Å². The summed E-state index contributed by atoms with van der Waals surface area (Å²) in [5.41, 5.74) is -0.667. The Morgan fingerprint density at radius 3 is 1.11 bits per heavy atom. The molecule has 0 saturated carbocycles. The lowest BCUT2D eigenvalue weighted by molar-refractivity contribution is -0.122. The Bertz CT molecular complexity index is 465. The highest BCUT2D eigenvalue weighted by atomic mass is 16.5. The van der Waals surface area contributed by atoms with Crippen LogP contribution in [-0.4, -0.2) is 89.6 Å². The van der Waals surface area contributed by atoms with E-state index in [-0.39, 0.29) is 76.6 Å². The highest BCUT2D eigenvalue weighted by Crippen LogP contribution is 2.09. The molecular weight excluding hydrogens is 452 g/mol. The van der Waals surface area contributed by atoms with Gasteiger partial charge in [0.15, 0.2) is 0 Å². The van der Waals surface area contributed by atoms with Crippen molar-refractivity contribution in [2.24, 2.45) is 0 Å². The van der Waals surface area contributed by atoms with Gasteiger partial charge in [-0.05, 0) is 26.3 Å². The van der Waals surface area contributed by atoms with Gasteiger partial charge in [0.2, 0.25) is 17.7 Å². The summed E-state index contributed by atoms with van der Waals surface area (Å²) in [7, 11) is 1.78. The predicted octanol–water partition coefficient (Wildman–Crippen LogP) is 1.77. The summed E-state index contributed by atoms with van der Waals surface area (Å²) in [6.07, 6.45) is 3.48. The number of likely N-dealkylation sites (N-methyl/N-ethyl adjacent to an activating group) is 1. The smallest absolute Gasteiger partial charge is 0.222 e. The van der Waals surface area contributed by atoms with Crippen LogP contribution in [0.3, 0.4) is 0 Å². The van der Waals surface area contributed by atoms with Crippen LogP contribution < -0.4 is 21.3 Å². The zero-order chi connectivity index (χ0) is 26.8. The minimum Gasteiger partial charge on any atom is -0.379 e. The van der Waals surface area contributed by atoms with Crippen molar-refractivity contribution in [1.29, 1.82) is 0 Å². The summed E-state index contributed by atoms with van der Waals surface area (Å²) >= 11 is 0. The van der Waals surface area contributed by atoms with Gasteiger partial charge < -0.3 is 35.5 Å². The first-order valence-corrected chi connectivity index (χ1v) is 13.1. The molecular formula is C25H52N4O6. The molecule has 0 aliphatic rings. The minimum atomic E-state index is -0.667. The molecule has 10 heteroatoms. The summed E-state index contributed by atoms with van der Waals surface area (Å²) < 4.78 is 17.3. The molecule has 0 aromatic rings. The molecule has 0 aliphatic heterocycles. The first-order valence-electron chi connectivity index (χ1n) is 13.1. The molecule has 0 aromatic heterocycles. The van der Waals surface area contributed by atoms with Crippen LogP contribution in [0.2, 0.25) is 0 Å². The maximum Gasteiger partial charge on any atom is 0.222 e. The molecule has 0 aliphatic carbocycles. The number of rotatable bonds is 22. The van der Waals surface area contributed by atoms with E-state index >= 15 is 0 Å². The maximum absolute atomic E-state index is 11.8. The van der Waals surface area contributed by atoms with Crippen molar-refractivity contribution in [3.63, 3.8) is 0 Å². The second kappa shape index (κ2) is 25.3. The summed E-state index contributed by atoms with van der Waals surface area (Å²) in [6.45, 7) is 13.6. The van der Waals surface area contributed by atoms with E-state index in [1.807, 2.05) is 34.6 Å². The van der Waals surface area contributed by atoms with Crippen molar-refractivity contribution in [2.75, 3.05) is 66.3 Å². The Morgan fingerprint density at radius 1 is 0.600 bits per heavy atom. The van der Waals surface area contributed by atoms with E-state index in [1.165, 1.54) is 0 Å². The number of hydrogen-bond acceptors (Lipinski definition) is 7. The Labute approximate surface area is 213 Å². The van der Waals surface area contributed by atoms with E-state index in [9.17, 15) is 14.4 Å². The number of nitrogens with one attached hydrogen (secondary N) is 4. The number of amides is 3. The fraction of sp³-hybridized carbons (Fsp3) is 0.880. The zero-order valence-electron chi connectivity index (χ0n) is 23.1. The van der Waals surface area contributed by atoms with Gasteiger partial charge in [-0.25, -0.2) is 0 Å². The highest BCUT2D eigenvalue weighted by molar-refractivity contribution is 5.76. The molecule has 0 bridgehead atoms. The normalized spacial score (nSPS) is 10.8. The highest BCUT2D eigenvalue weighted by Gasteiger charge is 2.30. The topological polar surface area (TPSA) is 127 Å². The molecule has 0 fully saturated rings. The Hall–Kier alpha value is -1.75. The van der Waals surface area contributed by atoms with Crippen LogP contribution in [0.5, 0.6) is 0 Å². The van der Waals surface area contributed by atoms with E-state index in [0.717, 1.165) is 19.3 Å². The Balaban J connectivity index is 0. The standard InChI is InChI=1S/C23H46N4O6.C2H6/c1-5-11-25-20(28)8-14-31-17-23(24-4,18-32-15-9-21(29)26-12-6-2)19-33-16-10-22(30)27-13-7-3;1-2/h24H,5-19H2,1-4H3,(H,25,28)(H,26,29)(H,27,30);1-2H3. The van der Waals surface area contributed by atoms with E-state index in [2.05, 4.69) is 21.3 Å². The van der Waals surface area contributed by atoms with Crippen molar-refractivity contribution in [3.8, 4) is 0 Å². The van der Waals surface area contributed by atoms with Gasteiger partial charge in [0.05, 0.1) is 45.2 Å². The second-order valence-corrected chi connectivity index (χ2v) is 7.99. The average Bonchev–Trinajstić information content (AvgIpc) is 2.88. The molecule has 35 heavy (non-hydrogen) atoms. The van der Waals surface area contributed by atoms with Crippen molar-refractivity contribution in [2.45, 2.75) is 78.7 Å². The molecule has 0 aromatic carbocycles. The fourth-order valence-corrected chi connectivity index (χ4v) is 2.70. The van der Waals surface area contributed by atoms with Gasteiger partial charge in [-0.2, -0.15) is 0 Å². The van der Waals surface area contributed by atoms with Crippen molar-refractivity contribution in [3.05, 3.63) is 0 Å². The first kappa shape index (κ1) is 35.4. The van der Waals surface area contributed by atoms with Crippen molar-refractivity contribution >= 4 is 17.7 Å². The van der Waals surface area contributed by atoms with Crippen LogP contribution in [0.1, 0.15) is 73.1 Å². The molecule has 0 radical (unpaired) electrons. The lowest BCUT2D eigenvalue weighted by atomic mass is 10.0. The van der Waals surface area contributed by atoms with Gasteiger partial charge in [0.1, 0.15) is 0 Å².